The number of aryl methyl sites for hydroxylation is 1. The average molecular weight is 505 g/mol. The molecular formula is C28H36N4O3Si-. The van der Waals surface area contributed by atoms with Gasteiger partial charge in [-0.3, -0.25) is 9.78 Å². The first-order valence-electron chi connectivity index (χ1n) is 12.6. The third-order valence-electron chi connectivity index (χ3n) is 6.62. The third-order valence-corrected chi connectivity index (χ3v) is 8.33. The highest BCUT2D eigenvalue weighted by atomic mass is 28.3. The number of carboxylic acid groups (broad SMARTS) is 1. The summed E-state index contributed by atoms with van der Waals surface area (Å²) in [6.45, 7) is 10.1. The number of ether oxygens (including phenoxy) is 1. The van der Waals surface area contributed by atoms with Gasteiger partial charge in [0.1, 0.15) is 12.6 Å². The van der Waals surface area contributed by atoms with E-state index in [1.807, 2.05) is 25.3 Å². The molecule has 0 saturated carbocycles. The fourth-order valence-electron chi connectivity index (χ4n) is 4.34. The van der Waals surface area contributed by atoms with E-state index in [1.165, 1.54) is 5.56 Å². The molecule has 0 spiro atoms. The van der Waals surface area contributed by atoms with E-state index in [-0.39, 0.29) is 12.3 Å². The Balaban J connectivity index is 1.37. The average Bonchev–Trinajstić information content (AvgIpc) is 3.22. The second kappa shape index (κ2) is 11.3. The summed E-state index contributed by atoms with van der Waals surface area (Å²) in [7, 11) is -1.11. The molecule has 0 bridgehead atoms. The molecule has 191 valence electrons. The van der Waals surface area contributed by atoms with Crippen molar-refractivity contribution in [3.05, 3.63) is 66.1 Å². The second-order valence-electron chi connectivity index (χ2n) is 10.8. The Bertz CT molecular complexity index is 1200. The SMILES string of the molecule is Cc1nc(-c2ccc(-c3ccc([C@@H]4C=C[C@@H](CC(=O)O)CC4)cc3)nc2)nn1COCC[Si-](C)(C)C. The van der Waals surface area contributed by atoms with Crippen LogP contribution in [-0.2, 0) is 16.3 Å². The maximum atomic E-state index is 10.9. The molecule has 1 aliphatic carbocycles. The van der Waals surface area contributed by atoms with E-state index in [0.29, 0.717) is 18.5 Å². The number of hydrogen-bond donors (Lipinski definition) is 1. The zero-order chi connectivity index (χ0) is 25.7. The molecule has 2 heterocycles. The van der Waals surface area contributed by atoms with Crippen LogP contribution < -0.4 is 0 Å². The molecule has 36 heavy (non-hydrogen) atoms. The molecule has 3 aromatic rings. The first-order chi connectivity index (χ1) is 17.2. The van der Waals surface area contributed by atoms with Gasteiger partial charge in [0.05, 0.1) is 12.1 Å². The molecule has 0 amide bonds. The number of benzene rings is 1. The lowest BCUT2D eigenvalue weighted by Gasteiger charge is -2.26. The summed E-state index contributed by atoms with van der Waals surface area (Å²) in [5.41, 5.74) is 4.08. The fourth-order valence-corrected chi connectivity index (χ4v) is 5.10. The largest absolute Gasteiger partial charge is 0.481 e. The molecule has 8 heteroatoms. The van der Waals surface area contributed by atoms with E-state index >= 15 is 0 Å². The van der Waals surface area contributed by atoms with Crippen molar-refractivity contribution in [2.45, 2.75) is 64.5 Å². The molecule has 1 aromatic carbocycles. The van der Waals surface area contributed by atoms with Crippen molar-refractivity contribution in [2.75, 3.05) is 6.61 Å². The quantitative estimate of drug-likeness (QED) is 0.202. The number of pyridine rings is 1. The van der Waals surface area contributed by atoms with Crippen molar-refractivity contribution in [3.8, 4) is 22.6 Å². The van der Waals surface area contributed by atoms with Crippen molar-refractivity contribution >= 4 is 14.0 Å². The van der Waals surface area contributed by atoms with Crippen LogP contribution >= 0.6 is 0 Å². The maximum Gasteiger partial charge on any atom is 0.303 e. The van der Waals surface area contributed by atoms with Crippen LogP contribution in [-0.4, -0.2) is 45.5 Å². The molecule has 1 N–H and O–H groups in total. The first kappa shape index (κ1) is 26.0. The number of nitrogens with zero attached hydrogens (tertiary/aromatic N) is 4. The van der Waals surface area contributed by atoms with Crippen LogP contribution in [0.1, 0.15) is 36.6 Å². The standard InChI is InChI=1S/C28H36N4O3Si/c1-20-30-28(31-32(20)19-35-15-16-36(2,3)4)25-13-14-26(29-18-25)24-11-9-23(10-12-24)22-7-5-21(6-8-22)17-27(33)34/h5,7,9-14,18,21-22H,6,8,15-17,19H2,1-4H3,(H,33,34)/q-1/t21-,22-/m1/s1. The highest BCUT2D eigenvalue weighted by Gasteiger charge is 2.19. The highest BCUT2D eigenvalue weighted by molar-refractivity contribution is 6.76. The molecular weight excluding hydrogens is 468 g/mol. The van der Waals surface area contributed by atoms with Crippen molar-refractivity contribution in [3.63, 3.8) is 0 Å². The van der Waals surface area contributed by atoms with Gasteiger partial charge in [-0.05, 0) is 43.4 Å². The Morgan fingerprint density at radius 3 is 2.44 bits per heavy atom. The van der Waals surface area contributed by atoms with Crippen LogP contribution in [0.25, 0.3) is 22.6 Å². The molecule has 0 fully saturated rings. The van der Waals surface area contributed by atoms with Gasteiger partial charge in [-0.1, -0.05) is 36.4 Å². The number of allylic oxidation sites excluding steroid dienone is 2. The minimum atomic E-state index is -1.11. The minimum absolute atomic E-state index is 0.146. The summed E-state index contributed by atoms with van der Waals surface area (Å²) in [6.07, 6.45) is 8.14. The predicted molar refractivity (Wildman–Crippen MR) is 144 cm³/mol. The van der Waals surface area contributed by atoms with Gasteiger partial charge in [-0.2, -0.15) is 19.6 Å². The molecule has 7 nitrogen and oxygen atoms in total. The second-order valence-corrected chi connectivity index (χ2v) is 16.4. The summed E-state index contributed by atoms with van der Waals surface area (Å²) >= 11 is 0. The molecule has 0 unspecified atom stereocenters. The van der Waals surface area contributed by atoms with Crippen LogP contribution in [0.4, 0.5) is 0 Å². The Morgan fingerprint density at radius 1 is 1.08 bits per heavy atom. The third kappa shape index (κ3) is 6.98. The molecule has 2 atom stereocenters. The number of carbonyl (C=O) groups is 1. The molecule has 4 rings (SSSR count). The van der Waals surface area contributed by atoms with Gasteiger partial charge in [0.2, 0.25) is 0 Å². The Morgan fingerprint density at radius 2 is 1.83 bits per heavy atom. The van der Waals surface area contributed by atoms with Crippen LogP contribution in [0.3, 0.4) is 0 Å². The van der Waals surface area contributed by atoms with E-state index in [1.54, 1.807) is 4.68 Å². The van der Waals surface area contributed by atoms with Crippen LogP contribution in [0, 0.1) is 12.8 Å². The van der Waals surface area contributed by atoms with Crippen LogP contribution in [0.15, 0.2) is 54.7 Å². The summed E-state index contributed by atoms with van der Waals surface area (Å²) in [5.74, 6) is 1.23. The Kier molecular flexibility index (Phi) is 8.16. The van der Waals surface area contributed by atoms with Gasteiger partial charge in [-0.15, -0.1) is 19.2 Å². The lowest BCUT2D eigenvalue weighted by Crippen LogP contribution is -2.22. The fraction of sp³-hybridized carbons (Fsp3) is 0.429. The van der Waals surface area contributed by atoms with E-state index in [4.69, 9.17) is 9.84 Å². The monoisotopic (exact) mass is 504 g/mol. The number of carboxylic acids is 1. The van der Waals surface area contributed by atoms with Crippen molar-refractivity contribution < 1.29 is 14.6 Å². The lowest BCUT2D eigenvalue weighted by molar-refractivity contribution is -0.137. The van der Waals surface area contributed by atoms with E-state index in [2.05, 4.69) is 71.1 Å². The minimum Gasteiger partial charge on any atom is -0.481 e. The zero-order valence-corrected chi connectivity index (χ0v) is 22.6. The molecule has 0 aliphatic heterocycles. The number of hydrogen-bond acceptors (Lipinski definition) is 5. The summed E-state index contributed by atoms with van der Waals surface area (Å²) in [5, 5.41) is 13.6. The highest BCUT2D eigenvalue weighted by Crippen LogP contribution is 2.32. The number of aliphatic carboxylic acids is 1. The van der Waals surface area contributed by atoms with Crippen molar-refractivity contribution in [1.82, 2.24) is 19.7 Å². The van der Waals surface area contributed by atoms with Crippen molar-refractivity contribution in [2.24, 2.45) is 5.92 Å². The Labute approximate surface area is 214 Å². The van der Waals surface area contributed by atoms with E-state index in [9.17, 15) is 4.79 Å². The van der Waals surface area contributed by atoms with Gasteiger partial charge < -0.3 is 9.84 Å². The van der Waals surface area contributed by atoms with Gasteiger partial charge in [-0.25, -0.2) is 9.67 Å². The van der Waals surface area contributed by atoms with Gasteiger partial charge in [0.25, 0.3) is 0 Å². The number of aromatic nitrogens is 4. The molecule has 0 radical (unpaired) electrons. The van der Waals surface area contributed by atoms with E-state index < -0.39 is 14.0 Å². The van der Waals surface area contributed by atoms with Gasteiger partial charge in [0, 0.05) is 29.8 Å². The molecule has 0 saturated heterocycles. The normalized spacial score (nSPS) is 17.9. The molecule has 2 aromatic heterocycles. The maximum absolute atomic E-state index is 10.9. The van der Waals surface area contributed by atoms with Gasteiger partial charge >= 0.3 is 5.97 Å². The van der Waals surface area contributed by atoms with Gasteiger partial charge in [0.15, 0.2) is 5.82 Å². The van der Waals surface area contributed by atoms with Crippen LogP contribution in [0.2, 0.25) is 25.7 Å². The van der Waals surface area contributed by atoms with E-state index in [0.717, 1.165) is 48.1 Å². The van der Waals surface area contributed by atoms with Crippen LogP contribution in [0.5, 0.6) is 0 Å². The zero-order valence-electron chi connectivity index (χ0n) is 21.6. The van der Waals surface area contributed by atoms with Crippen molar-refractivity contribution in [1.29, 1.82) is 0 Å². The smallest absolute Gasteiger partial charge is 0.303 e. The number of rotatable bonds is 10. The summed E-state index contributed by atoms with van der Waals surface area (Å²) in [6, 6.07) is 13.6. The topological polar surface area (TPSA) is 90.1 Å². The first-order valence-corrected chi connectivity index (χ1v) is 16.3. The Hall–Kier alpha value is -3.10. The molecule has 1 aliphatic rings. The summed E-state index contributed by atoms with van der Waals surface area (Å²) in [4.78, 5) is 20.2. The summed E-state index contributed by atoms with van der Waals surface area (Å²) < 4.78 is 7.63. The predicted octanol–water partition coefficient (Wildman–Crippen LogP) is 6.15. The lowest BCUT2D eigenvalue weighted by atomic mass is 9.83.